The highest BCUT2D eigenvalue weighted by Gasteiger charge is 2.09. The highest BCUT2D eigenvalue weighted by Crippen LogP contribution is 2.26. The number of carbonyl (C=O) groups excluding carboxylic acids is 1. The highest BCUT2D eigenvalue weighted by atomic mass is 32.1. The van der Waals surface area contributed by atoms with E-state index in [4.69, 9.17) is 4.74 Å². The van der Waals surface area contributed by atoms with Crippen molar-refractivity contribution in [3.05, 3.63) is 35.3 Å². The molecule has 0 saturated heterocycles. The molecule has 1 aromatic carbocycles. The Hall–Kier alpha value is -1.88. The van der Waals surface area contributed by atoms with Gasteiger partial charge in [0.1, 0.15) is 10.8 Å². The molecule has 5 heteroatoms. The quantitative estimate of drug-likeness (QED) is 0.793. The molecule has 2 rings (SSSR count). The zero-order valence-corrected chi connectivity index (χ0v) is 12.6. The van der Waals surface area contributed by atoms with Crippen LogP contribution in [-0.2, 0) is 16.0 Å². The monoisotopic (exact) mass is 291 g/mol. The van der Waals surface area contributed by atoms with Crippen molar-refractivity contribution in [1.29, 1.82) is 0 Å². The van der Waals surface area contributed by atoms with E-state index in [1.165, 1.54) is 18.4 Å². The molecule has 0 fully saturated rings. The summed E-state index contributed by atoms with van der Waals surface area (Å²) in [6.45, 7) is 3.99. The van der Waals surface area contributed by atoms with E-state index < -0.39 is 0 Å². The molecule has 4 nitrogen and oxygen atoms in total. The normalized spacial score (nSPS) is 10.6. The Labute approximate surface area is 122 Å². The maximum absolute atomic E-state index is 11.2. The van der Waals surface area contributed by atoms with E-state index in [0.717, 1.165) is 22.0 Å². The first-order valence-corrected chi connectivity index (χ1v) is 7.24. The second kappa shape index (κ2) is 6.52. The zero-order valence-electron chi connectivity index (χ0n) is 11.8. The molecule has 0 aliphatic carbocycles. The number of methoxy groups -OCH3 is 1. The van der Waals surface area contributed by atoms with Gasteiger partial charge in [0.15, 0.2) is 0 Å². The predicted octanol–water partition coefficient (Wildman–Crippen LogP) is 3.31. The Balaban J connectivity index is 2.10. The van der Waals surface area contributed by atoms with Gasteiger partial charge in [0.2, 0.25) is 0 Å². The van der Waals surface area contributed by atoms with Gasteiger partial charge >= 0.3 is 5.97 Å². The first-order valence-electron chi connectivity index (χ1n) is 6.37. The molecule has 0 spiro atoms. The van der Waals surface area contributed by atoms with Gasteiger partial charge in [-0.05, 0) is 38.1 Å². The van der Waals surface area contributed by atoms with Crippen LogP contribution in [0.2, 0.25) is 0 Å². The molecule has 0 bridgehead atoms. The van der Waals surface area contributed by atoms with Crippen LogP contribution in [-0.4, -0.2) is 24.2 Å². The van der Waals surface area contributed by atoms with Crippen molar-refractivity contribution in [2.45, 2.75) is 26.4 Å². The van der Waals surface area contributed by atoms with E-state index in [1.54, 1.807) is 0 Å². The second-order valence-electron chi connectivity index (χ2n) is 4.59. The van der Waals surface area contributed by atoms with Gasteiger partial charge in [-0.1, -0.05) is 0 Å². The Morgan fingerprint density at radius 3 is 2.60 bits per heavy atom. The number of carbonyl (C=O) groups is 1. The molecule has 0 aliphatic heterocycles. The number of hydrogen-bond donors (Lipinski definition) is 0. The molecule has 1 heterocycles. The van der Waals surface area contributed by atoms with Crippen LogP contribution in [0.5, 0.6) is 5.75 Å². The summed E-state index contributed by atoms with van der Waals surface area (Å²) in [6.07, 6.45) is 0.369. The van der Waals surface area contributed by atoms with Crippen LogP contribution < -0.4 is 4.74 Å². The molecule has 0 atom stereocenters. The van der Waals surface area contributed by atoms with Crippen molar-refractivity contribution in [2.75, 3.05) is 7.11 Å². The summed E-state index contributed by atoms with van der Waals surface area (Å²) in [4.78, 5) is 15.6. The van der Waals surface area contributed by atoms with Crippen molar-refractivity contribution in [3.8, 4) is 16.3 Å². The predicted molar refractivity (Wildman–Crippen MR) is 79.0 cm³/mol. The molecule has 0 amide bonds. The fourth-order valence-electron chi connectivity index (χ4n) is 1.69. The lowest BCUT2D eigenvalue weighted by atomic mass is 10.2. The summed E-state index contributed by atoms with van der Waals surface area (Å²) >= 11 is 1.52. The van der Waals surface area contributed by atoms with Crippen molar-refractivity contribution in [3.63, 3.8) is 0 Å². The second-order valence-corrected chi connectivity index (χ2v) is 5.45. The van der Waals surface area contributed by atoms with Gasteiger partial charge in [0.25, 0.3) is 0 Å². The molecule has 106 valence electrons. The average molecular weight is 291 g/mol. The fraction of sp³-hybridized carbons (Fsp3) is 0.333. The van der Waals surface area contributed by atoms with Crippen molar-refractivity contribution < 1.29 is 14.3 Å². The van der Waals surface area contributed by atoms with E-state index in [1.807, 2.05) is 43.5 Å². The van der Waals surface area contributed by atoms with Crippen LogP contribution in [0.25, 0.3) is 10.6 Å². The number of nitrogens with zero attached hydrogens (tertiary/aromatic N) is 1. The number of benzene rings is 1. The third kappa shape index (κ3) is 3.81. The van der Waals surface area contributed by atoms with Crippen molar-refractivity contribution in [2.24, 2.45) is 0 Å². The number of aromatic nitrogens is 1. The minimum absolute atomic E-state index is 0.160. The van der Waals surface area contributed by atoms with Gasteiger partial charge < -0.3 is 9.47 Å². The minimum atomic E-state index is -0.275. The van der Waals surface area contributed by atoms with E-state index >= 15 is 0 Å². The summed E-state index contributed by atoms with van der Waals surface area (Å²) in [5, 5.41) is 2.77. The van der Waals surface area contributed by atoms with Crippen LogP contribution >= 0.6 is 11.3 Å². The van der Waals surface area contributed by atoms with Crippen molar-refractivity contribution >= 4 is 17.3 Å². The average Bonchev–Trinajstić information content (AvgIpc) is 2.87. The maximum atomic E-state index is 11.2. The molecule has 0 saturated carbocycles. The molecular formula is C15H17NO3S. The Bertz CT molecular complexity index is 575. The fourth-order valence-corrected chi connectivity index (χ4v) is 2.51. The largest absolute Gasteiger partial charge is 0.491 e. The van der Waals surface area contributed by atoms with Gasteiger partial charge in [-0.3, -0.25) is 4.79 Å². The van der Waals surface area contributed by atoms with E-state index in [-0.39, 0.29) is 18.5 Å². The van der Waals surface area contributed by atoms with Crippen LogP contribution in [0.3, 0.4) is 0 Å². The number of rotatable bonds is 5. The Morgan fingerprint density at radius 2 is 2.00 bits per heavy atom. The summed E-state index contributed by atoms with van der Waals surface area (Å²) < 4.78 is 10.2. The number of hydrogen-bond acceptors (Lipinski definition) is 5. The zero-order chi connectivity index (χ0) is 14.5. The molecule has 2 aromatic rings. The molecule has 0 aliphatic rings. The van der Waals surface area contributed by atoms with Gasteiger partial charge in [0.05, 0.1) is 25.3 Å². The molecule has 0 unspecified atom stereocenters. The van der Waals surface area contributed by atoms with Gasteiger partial charge in [0, 0.05) is 10.9 Å². The first kappa shape index (κ1) is 14.5. The van der Waals surface area contributed by atoms with E-state index in [0.29, 0.717) is 0 Å². The number of thiazole rings is 1. The maximum Gasteiger partial charge on any atom is 0.311 e. The summed E-state index contributed by atoms with van der Waals surface area (Å²) in [5.41, 5.74) is 1.75. The summed E-state index contributed by atoms with van der Waals surface area (Å²) in [6, 6.07) is 7.80. The van der Waals surface area contributed by atoms with E-state index in [9.17, 15) is 4.79 Å². The minimum Gasteiger partial charge on any atom is -0.491 e. The third-order valence-electron chi connectivity index (χ3n) is 2.58. The first-order chi connectivity index (χ1) is 9.58. The van der Waals surface area contributed by atoms with E-state index in [2.05, 4.69) is 9.72 Å². The topological polar surface area (TPSA) is 48.4 Å². The lowest BCUT2D eigenvalue weighted by molar-refractivity contribution is -0.139. The molecular weight excluding hydrogens is 274 g/mol. The molecule has 0 radical (unpaired) electrons. The summed E-state index contributed by atoms with van der Waals surface area (Å²) in [7, 11) is 1.38. The van der Waals surface area contributed by atoms with Gasteiger partial charge in [-0.2, -0.15) is 0 Å². The molecule has 20 heavy (non-hydrogen) atoms. The summed E-state index contributed by atoms with van der Waals surface area (Å²) in [5.74, 6) is 0.567. The molecule has 0 N–H and O–H groups in total. The van der Waals surface area contributed by atoms with Crippen LogP contribution in [0, 0.1) is 0 Å². The Kier molecular flexibility index (Phi) is 4.74. The van der Waals surface area contributed by atoms with Crippen molar-refractivity contribution in [1.82, 2.24) is 4.98 Å². The highest BCUT2D eigenvalue weighted by molar-refractivity contribution is 7.13. The smallest absolute Gasteiger partial charge is 0.311 e. The lowest BCUT2D eigenvalue weighted by Gasteiger charge is -2.09. The number of esters is 1. The van der Waals surface area contributed by atoms with Crippen LogP contribution in [0.15, 0.2) is 29.6 Å². The standard InChI is InChI=1S/C15H17NO3S/c1-10(2)19-13-6-4-11(5-7-13)15-16-12(9-20-15)8-14(17)18-3/h4-7,9-10H,8H2,1-3H3. The SMILES string of the molecule is COC(=O)Cc1csc(-c2ccc(OC(C)C)cc2)n1. The molecule has 1 aromatic heterocycles. The van der Waals surface area contributed by atoms with Crippen LogP contribution in [0.1, 0.15) is 19.5 Å². The third-order valence-corrected chi connectivity index (χ3v) is 3.52. The van der Waals surface area contributed by atoms with Gasteiger partial charge in [-0.15, -0.1) is 11.3 Å². The van der Waals surface area contributed by atoms with Gasteiger partial charge in [-0.25, -0.2) is 4.98 Å². The lowest BCUT2D eigenvalue weighted by Crippen LogP contribution is -2.05. The Morgan fingerprint density at radius 1 is 1.30 bits per heavy atom. The van der Waals surface area contributed by atoms with Crippen LogP contribution in [0.4, 0.5) is 0 Å². The number of ether oxygens (including phenoxy) is 2.